The van der Waals surface area contributed by atoms with Crippen LogP contribution in [0, 0.1) is 0 Å². The number of hydrogen-bond acceptors (Lipinski definition) is 5. The van der Waals surface area contributed by atoms with Crippen LogP contribution in [0.5, 0.6) is 0 Å². The van der Waals surface area contributed by atoms with Crippen LogP contribution in [0.15, 0.2) is 12.2 Å². The number of allylic oxidation sites excluding steroid dienone is 2. The van der Waals surface area contributed by atoms with Gasteiger partial charge in [0.2, 0.25) is 0 Å². The molecule has 1 aliphatic heterocycles. The van der Waals surface area contributed by atoms with Crippen molar-refractivity contribution in [2.24, 2.45) is 0 Å². The molecule has 160 valence electrons. The molecule has 5 heteroatoms. The molecular weight excluding hydrogens is 344 g/mol. The van der Waals surface area contributed by atoms with Gasteiger partial charge in [0.15, 0.2) is 0 Å². The fourth-order valence-electron chi connectivity index (χ4n) is 3.54. The highest BCUT2D eigenvalue weighted by molar-refractivity contribution is 4.89. The van der Waals surface area contributed by atoms with Crippen molar-refractivity contribution >= 4 is 0 Å². The number of aliphatic hydroxyl groups excluding tert-OH is 3. The van der Waals surface area contributed by atoms with Crippen molar-refractivity contribution in [2.75, 3.05) is 19.8 Å². The van der Waals surface area contributed by atoms with Crippen LogP contribution in [0.25, 0.3) is 0 Å². The zero-order valence-corrected chi connectivity index (χ0v) is 17.2. The molecule has 0 aromatic carbocycles. The average Bonchev–Trinajstić information content (AvgIpc) is 3.04. The molecule has 5 nitrogen and oxygen atoms in total. The predicted molar refractivity (Wildman–Crippen MR) is 109 cm³/mol. The summed E-state index contributed by atoms with van der Waals surface area (Å²) < 4.78 is 11.0. The third-order valence-electron chi connectivity index (χ3n) is 5.21. The highest BCUT2D eigenvalue weighted by atomic mass is 16.6. The van der Waals surface area contributed by atoms with E-state index in [9.17, 15) is 10.2 Å². The lowest BCUT2D eigenvalue weighted by Gasteiger charge is -2.23. The molecule has 1 fully saturated rings. The molecule has 0 aromatic rings. The predicted octanol–water partition coefficient (Wildman–Crippen LogP) is 3.74. The zero-order chi connectivity index (χ0) is 19.7. The second-order valence-electron chi connectivity index (χ2n) is 7.65. The van der Waals surface area contributed by atoms with E-state index in [2.05, 4.69) is 19.1 Å². The minimum atomic E-state index is -1.00. The zero-order valence-electron chi connectivity index (χ0n) is 17.2. The third-order valence-corrected chi connectivity index (χ3v) is 5.21. The molecule has 0 saturated carbocycles. The van der Waals surface area contributed by atoms with Gasteiger partial charge in [-0.15, -0.1) is 0 Å². The molecular formula is C22H42O5. The normalized spacial score (nSPS) is 24.1. The van der Waals surface area contributed by atoms with Crippen molar-refractivity contribution in [2.45, 2.75) is 108 Å². The van der Waals surface area contributed by atoms with Gasteiger partial charge in [0.25, 0.3) is 0 Å². The fraction of sp³-hybridized carbons (Fsp3) is 0.909. The van der Waals surface area contributed by atoms with Crippen molar-refractivity contribution in [3.63, 3.8) is 0 Å². The fourth-order valence-corrected chi connectivity index (χ4v) is 3.54. The van der Waals surface area contributed by atoms with Crippen molar-refractivity contribution in [1.29, 1.82) is 0 Å². The first kappa shape index (κ1) is 24.6. The Morgan fingerprint density at radius 1 is 0.963 bits per heavy atom. The molecule has 0 spiro atoms. The van der Waals surface area contributed by atoms with E-state index >= 15 is 0 Å². The van der Waals surface area contributed by atoms with Crippen molar-refractivity contribution < 1.29 is 24.8 Å². The Morgan fingerprint density at radius 3 is 2.15 bits per heavy atom. The second kappa shape index (κ2) is 16.5. The van der Waals surface area contributed by atoms with Crippen molar-refractivity contribution in [1.82, 2.24) is 0 Å². The van der Waals surface area contributed by atoms with Crippen LogP contribution in [0.2, 0.25) is 0 Å². The van der Waals surface area contributed by atoms with Gasteiger partial charge in [0.05, 0.1) is 13.2 Å². The first-order chi connectivity index (χ1) is 13.2. The quantitative estimate of drug-likeness (QED) is 0.262. The van der Waals surface area contributed by atoms with Crippen LogP contribution in [0.4, 0.5) is 0 Å². The molecule has 3 N–H and O–H groups in total. The molecule has 1 aliphatic rings. The molecule has 0 unspecified atom stereocenters. The van der Waals surface area contributed by atoms with Crippen molar-refractivity contribution in [3.05, 3.63) is 12.2 Å². The van der Waals surface area contributed by atoms with Gasteiger partial charge >= 0.3 is 0 Å². The van der Waals surface area contributed by atoms with Crippen molar-refractivity contribution in [3.8, 4) is 0 Å². The van der Waals surface area contributed by atoms with E-state index in [1.54, 1.807) is 0 Å². The van der Waals surface area contributed by atoms with Gasteiger partial charge in [0.1, 0.15) is 24.4 Å². The van der Waals surface area contributed by atoms with Crippen LogP contribution >= 0.6 is 0 Å². The maximum Gasteiger partial charge on any atom is 0.114 e. The van der Waals surface area contributed by atoms with Gasteiger partial charge in [-0.3, -0.25) is 0 Å². The van der Waals surface area contributed by atoms with Gasteiger partial charge in [-0.05, 0) is 25.7 Å². The summed E-state index contributed by atoms with van der Waals surface area (Å²) in [6, 6.07) is 0. The lowest BCUT2D eigenvalue weighted by molar-refractivity contribution is -0.0938. The summed E-state index contributed by atoms with van der Waals surface area (Å²) in [4.78, 5) is 0. The highest BCUT2D eigenvalue weighted by Gasteiger charge is 2.40. The van der Waals surface area contributed by atoms with Crippen LogP contribution < -0.4 is 0 Å². The number of unbranched alkanes of at least 4 members (excludes halogenated alkanes) is 10. The average molecular weight is 387 g/mol. The topological polar surface area (TPSA) is 79.2 Å². The summed E-state index contributed by atoms with van der Waals surface area (Å²) in [5.74, 6) is 0. The Hall–Kier alpha value is -0.460. The molecule has 0 amide bonds. The summed E-state index contributed by atoms with van der Waals surface area (Å²) >= 11 is 0. The number of rotatable bonds is 17. The second-order valence-corrected chi connectivity index (χ2v) is 7.65. The van der Waals surface area contributed by atoms with Crippen LogP contribution in [-0.2, 0) is 9.47 Å². The minimum Gasteiger partial charge on any atom is -0.394 e. The molecule has 1 rings (SSSR count). The molecule has 0 bridgehead atoms. The number of ether oxygens (including phenoxy) is 2. The maximum absolute atomic E-state index is 9.87. The first-order valence-electron chi connectivity index (χ1n) is 11.1. The van der Waals surface area contributed by atoms with Gasteiger partial charge in [-0.2, -0.15) is 0 Å². The van der Waals surface area contributed by atoms with E-state index in [-0.39, 0.29) is 13.2 Å². The van der Waals surface area contributed by atoms with E-state index in [1.165, 1.54) is 57.8 Å². The number of aliphatic hydroxyl groups is 3. The molecule has 0 aliphatic carbocycles. The SMILES string of the molecule is CC/C=C/CCCCCCCCCCCCO[C@@H]1[C@H]([C@H](O)CO)OC[C@@H]1O. The molecule has 0 radical (unpaired) electrons. The Labute approximate surface area is 165 Å². The first-order valence-corrected chi connectivity index (χ1v) is 11.1. The Bertz CT molecular complexity index is 361. The van der Waals surface area contributed by atoms with E-state index in [1.807, 2.05) is 0 Å². The molecule has 1 heterocycles. The van der Waals surface area contributed by atoms with E-state index < -0.39 is 24.4 Å². The van der Waals surface area contributed by atoms with Crippen LogP contribution in [-0.4, -0.2) is 59.6 Å². The molecule has 27 heavy (non-hydrogen) atoms. The molecule has 1 saturated heterocycles. The minimum absolute atomic E-state index is 0.155. The van der Waals surface area contributed by atoms with Gasteiger partial charge in [-0.1, -0.05) is 70.4 Å². The highest BCUT2D eigenvalue weighted by Crippen LogP contribution is 2.21. The number of hydrogen-bond donors (Lipinski definition) is 3. The monoisotopic (exact) mass is 386 g/mol. The van der Waals surface area contributed by atoms with Crippen LogP contribution in [0.1, 0.15) is 84.0 Å². The summed E-state index contributed by atoms with van der Waals surface area (Å²) in [7, 11) is 0. The summed E-state index contributed by atoms with van der Waals surface area (Å²) in [5, 5.41) is 28.6. The lowest BCUT2D eigenvalue weighted by atomic mass is 10.1. The van der Waals surface area contributed by atoms with E-state index in [0.717, 1.165) is 19.3 Å². The van der Waals surface area contributed by atoms with E-state index in [4.69, 9.17) is 14.6 Å². The Balaban J connectivity index is 1.88. The lowest BCUT2D eigenvalue weighted by Crippen LogP contribution is -2.42. The van der Waals surface area contributed by atoms with Gasteiger partial charge < -0.3 is 24.8 Å². The summed E-state index contributed by atoms with van der Waals surface area (Å²) in [5.41, 5.74) is 0. The largest absolute Gasteiger partial charge is 0.394 e. The Kier molecular flexibility index (Phi) is 15.0. The van der Waals surface area contributed by atoms with Gasteiger partial charge in [-0.25, -0.2) is 0 Å². The summed E-state index contributed by atoms with van der Waals surface area (Å²) in [6.45, 7) is 2.51. The maximum atomic E-state index is 9.87. The smallest absolute Gasteiger partial charge is 0.114 e. The van der Waals surface area contributed by atoms with Gasteiger partial charge in [0, 0.05) is 6.61 Å². The third kappa shape index (κ3) is 11.2. The van der Waals surface area contributed by atoms with Crippen LogP contribution in [0.3, 0.4) is 0 Å². The summed E-state index contributed by atoms with van der Waals surface area (Å²) in [6.07, 6.45) is 16.7. The molecule has 4 atom stereocenters. The Morgan fingerprint density at radius 2 is 1.56 bits per heavy atom. The van der Waals surface area contributed by atoms with E-state index in [0.29, 0.717) is 6.61 Å². The standard InChI is InChI=1S/C22H42O5/c1-2-3-4-5-6-7-8-9-10-11-12-13-14-15-16-26-22-20(25)18-27-21(22)19(24)17-23/h3-4,19-25H,2,5-18H2,1H3/b4-3+/t19-,20+,21+,22+/m1/s1. The molecule has 0 aromatic heterocycles.